The van der Waals surface area contributed by atoms with Gasteiger partial charge in [0.05, 0.1) is 5.56 Å². The van der Waals surface area contributed by atoms with E-state index in [0.717, 1.165) is 12.5 Å². The number of rotatable bonds is 6. The first-order valence-corrected chi connectivity index (χ1v) is 7.34. The van der Waals surface area contributed by atoms with Gasteiger partial charge < -0.3 is 15.2 Å². The van der Waals surface area contributed by atoms with Crippen LogP contribution in [0.4, 0.5) is 0 Å². The summed E-state index contributed by atoms with van der Waals surface area (Å²) in [6.07, 6.45) is 5.10. The molecule has 0 saturated heterocycles. The highest BCUT2D eigenvalue weighted by atomic mass is 16.5. The lowest BCUT2D eigenvalue weighted by Gasteiger charge is -2.27. The third-order valence-electron chi connectivity index (χ3n) is 3.90. The summed E-state index contributed by atoms with van der Waals surface area (Å²) in [6.45, 7) is 3.68. The predicted molar refractivity (Wildman–Crippen MR) is 78.3 cm³/mol. The van der Waals surface area contributed by atoms with Gasteiger partial charge >= 0.3 is 5.97 Å². The lowest BCUT2D eigenvalue weighted by atomic mass is 9.87. The normalized spacial score (nSPS) is 22.4. The molecule has 20 heavy (non-hydrogen) atoms. The van der Waals surface area contributed by atoms with E-state index in [1.807, 2.05) is 0 Å². The van der Waals surface area contributed by atoms with Crippen molar-refractivity contribution in [2.75, 3.05) is 13.2 Å². The van der Waals surface area contributed by atoms with Gasteiger partial charge in [-0.25, -0.2) is 4.79 Å². The van der Waals surface area contributed by atoms with Crippen molar-refractivity contribution in [3.05, 3.63) is 29.8 Å². The summed E-state index contributed by atoms with van der Waals surface area (Å²) in [6, 6.07) is 7.23. The second kappa shape index (κ2) is 7.29. The maximum Gasteiger partial charge on any atom is 0.335 e. The van der Waals surface area contributed by atoms with Crippen LogP contribution in [0.5, 0.6) is 5.75 Å². The van der Waals surface area contributed by atoms with E-state index in [-0.39, 0.29) is 5.56 Å². The number of hydrogen-bond acceptors (Lipinski definition) is 3. The number of aromatic carboxylic acids is 1. The third kappa shape index (κ3) is 4.53. The number of carboxylic acids is 1. The number of nitrogens with one attached hydrogen (secondary N) is 1. The van der Waals surface area contributed by atoms with Gasteiger partial charge in [-0.1, -0.05) is 13.0 Å². The molecule has 1 aliphatic carbocycles. The standard InChI is InChI=1S/C16H23NO3/c1-12-5-7-14(8-6-12)17-9-10-20-15-4-2-3-13(11-15)16(18)19/h2-4,11-12,14,17H,5-10H2,1H3,(H,18,19). The molecule has 110 valence electrons. The molecule has 0 unspecified atom stereocenters. The van der Waals surface area contributed by atoms with E-state index < -0.39 is 5.97 Å². The SMILES string of the molecule is CC1CCC(NCCOc2cccc(C(=O)O)c2)CC1. The summed E-state index contributed by atoms with van der Waals surface area (Å²) in [5, 5.41) is 12.4. The van der Waals surface area contributed by atoms with Crippen LogP contribution in [0.25, 0.3) is 0 Å². The van der Waals surface area contributed by atoms with Crippen molar-refractivity contribution in [2.45, 2.75) is 38.6 Å². The molecule has 0 spiro atoms. The molecule has 4 nitrogen and oxygen atoms in total. The van der Waals surface area contributed by atoms with Gasteiger partial charge in [-0.2, -0.15) is 0 Å². The Balaban J connectivity index is 1.68. The molecule has 1 aliphatic rings. The Bertz CT molecular complexity index is 439. The zero-order valence-corrected chi connectivity index (χ0v) is 12.0. The van der Waals surface area contributed by atoms with Crippen LogP contribution in [0, 0.1) is 5.92 Å². The Kier molecular flexibility index (Phi) is 5.41. The molecule has 0 aromatic heterocycles. The quantitative estimate of drug-likeness (QED) is 0.785. The minimum absolute atomic E-state index is 0.261. The van der Waals surface area contributed by atoms with Crippen molar-refractivity contribution in [3.8, 4) is 5.75 Å². The summed E-state index contributed by atoms with van der Waals surface area (Å²) < 4.78 is 5.58. The maximum atomic E-state index is 10.8. The van der Waals surface area contributed by atoms with Crippen molar-refractivity contribution in [1.29, 1.82) is 0 Å². The smallest absolute Gasteiger partial charge is 0.335 e. The van der Waals surface area contributed by atoms with Gasteiger partial charge in [0.25, 0.3) is 0 Å². The van der Waals surface area contributed by atoms with Crippen LogP contribution < -0.4 is 10.1 Å². The van der Waals surface area contributed by atoms with Crippen LogP contribution in [0.2, 0.25) is 0 Å². The first kappa shape index (κ1) is 14.9. The molecular weight excluding hydrogens is 254 g/mol. The monoisotopic (exact) mass is 277 g/mol. The Morgan fingerprint density at radius 1 is 1.35 bits per heavy atom. The summed E-state index contributed by atoms with van der Waals surface area (Å²) >= 11 is 0. The number of ether oxygens (including phenoxy) is 1. The van der Waals surface area contributed by atoms with Crippen molar-refractivity contribution >= 4 is 5.97 Å². The highest BCUT2D eigenvalue weighted by Crippen LogP contribution is 2.23. The van der Waals surface area contributed by atoms with Crippen LogP contribution in [0.3, 0.4) is 0 Å². The van der Waals surface area contributed by atoms with Gasteiger partial charge in [0, 0.05) is 12.6 Å². The topological polar surface area (TPSA) is 58.6 Å². The summed E-state index contributed by atoms with van der Waals surface area (Å²) in [7, 11) is 0. The first-order valence-electron chi connectivity index (χ1n) is 7.34. The van der Waals surface area contributed by atoms with Crippen LogP contribution in [-0.4, -0.2) is 30.3 Å². The van der Waals surface area contributed by atoms with E-state index in [1.54, 1.807) is 24.3 Å². The molecule has 0 atom stereocenters. The van der Waals surface area contributed by atoms with E-state index in [2.05, 4.69) is 12.2 Å². The van der Waals surface area contributed by atoms with Gasteiger partial charge in [-0.05, 0) is 49.8 Å². The van der Waals surface area contributed by atoms with Crippen molar-refractivity contribution in [1.82, 2.24) is 5.32 Å². The van der Waals surface area contributed by atoms with Crippen molar-refractivity contribution < 1.29 is 14.6 Å². The third-order valence-corrected chi connectivity index (χ3v) is 3.90. The molecule has 0 aliphatic heterocycles. The fourth-order valence-corrected chi connectivity index (χ4v) is 2.62. The van der Waals surface area contributed by atoms with Crippen LogP contribution >= 0.6 is 0 Å². The lowest BCUT2D eigenvalue weighted by Crippen LogP contribution is -2.35. The molecule has 2 rings (SSSR count). The zero-order chi connectivity index (χ0) is 14.4. The van der Waals surface area contributed by atoms with Gasteiger partial charge in [0.2, 0.25) is 0 Å². The van der Waals surface area contributed by atoms with Crippen molar-refractivity contribution in [3.63, 3.8) is 0 Å². The second-order valence-electron chi connectivity index (χ2n) is 5.59. The van der Waals surface area contributed by atoms with E-state index in [9.17, 15) is 4.79 Å². The summed E-state index contributed by atoms with van der Waals surface area (Å²) in [5.41, 5.74) is 0.261. The van der Waals surface area contributed by atoms with E-state index in [4.69, 9.17) is 9.84 Å². The second-order valence-corrected chi connectivity index (χ2v) is 5.59. The molecule has 1 aromatic carbocycles. The van der Waals surface area contributed by atoms with Gasteiger partial charge in [0.1, 0.15) is 12.4 Å². The van der Waals surface area contributed by atoms with E-state index in [1.165, 1.54) is 25.7 Å². The van der Waals surface area contributed by atoms with E-state index in [0.29, 0.717) is 18.4 Å². The average molecular weight is 277 g/mol. The van der Waals surface area contributed by atoms with Crippen LogP contribution in [-0.2, 0) is 0 Å². The lowest BCUT2D eigenvalue weighted by molar-refractivity contribution is 0.0696. The molecule has 1 saturated carbocycles. The molecule has 1 fully saturated rings. The van der Waals surface area contributed by atoms with Gasteiger partial charge in [-0.15, -0.1) is 0 Å². The number of carbonyl (C=O) groups is 1. The molecule has 0 bridgehead atoms. The molecule has 0 heterocycles. The number of carboxylic acid groups (broad SMARTS) is 1. The molecule has 2 N–H and O–H groups in total. The minimum Gasteiger partial charge on any atom is -0.492 e. The predicted octanol–water partition coefficient (Wildman–Crippen LogP) is 2.93. The average Bonchev–Trinajstić information content (AvgIpc) is 2.46. The van der Waals surface area contributed by atoms with Gasteiger partial charge in [0.15, 0.2) is 0 Å². The number of hydrogen-bond donors (Lipinski definition) is 2. The van der Waals surface area contributed by atoms with Crippen LogP contribution in [0.15, 0.2) is 24.3 Å². The van der Waals surface area contributed by atoms with Gasteiger partial charge in [-0.3, -0.25) is 0 Å². The Morgan fingerprint density at radius 2 is 2.10 bits per heavy atom. The Labute approximate surface area is 120 Å². The first-order chi connectivity index (χ1) is 9.65. The molecular formula is C16H23NO3. The number of benzene rings is 1. The maximum absolute atomic E-state index is 10.8. The Morgan fingerprint density at radius 3 is 2.80 bits per heavy atom. The minimum atomic E-state index is -0.926. The summed E-state index contributed by atoms with van der Waals surface area (Å²) in [4.78, 5) is 10.8. The zero-order valence-electron chi connectivity index (χ0n) is 12.0. The fourth-order valence-electron chi connectivity index (χ4n) is 2.62. The van der Waals surface area contributed by atoms with E-state index >= 15 is 0 Å². The fraction of sp³-hybridized carbons (Fsp3) is 0.562. The molecule has 0 amide bonds. The highest BCUT2D eigenvalue weighted by molar-refractivity contribution is 5.87. The van der Waals surface area contributed by atoms with Crippen LogP contribution in [0.1, 0.15) is 43.0 Å². The highest BCUT2D eigenvalue weighted by Gasteiger charge is 2.17. The molecule has 0 radical (unpaired) electrons. The van der Waals surface area contributed by atoms with Crippen molar-refractivity contribution in [2.24, 2.45) is 5.92 Å². The largest absolute Gasteiger partial charge is 0.492 e. The Hall–Kier alpha value is -1.55. The molecule has 1 aromatic rings. The summed E-state index contributed by atoms with van der Waals surface area (Å²) in [5.74, 6) is 0.553. The molecule has 4 heteroatoms.